The molecule has 0 aromatic heterocycles. The molecule has 2 heterocycles. The number of carbonyl (C=O) groups excluding carboxylic acids is 3. The van der Waals surface area contributed by atoms with Crippen LogP contribution in [0.25, 0.3) is 0 Å². The second kappa shape index (κ2) is 11.2. The second-order valence-corrected chi connectivity index (χ2v) is 8.90. The molecule has 0 bridgehead atoms. The van der Waals surface area contributed by atoms with Crippen LogP contribution >= 0.6 is 0 Å². The lowest BCUT2D eigenvalue weighted by Gasteiger charge is -2.39. The van der Waals surface area contributed by atoms with Crippen LogP contribution in [0.1, 0.15) is 12.0 Å². The molecule has 35 heavy (non-hydrogen) atoms. The molecule has 2 saturated heterocycles. The third-order valence-corrected chi connectivity index (χ3v) is 6.61. The van der Waals surface area contributed by atoms with Gasteiger partial charge in [0.25, 0.3) is 0 Å². The molecule has 0 radical (unpaired) electrons. The number of carbonyl (C=O) groups is 3. The van der Waals surface area contributed by atoms with Crippen molar-refractivity contribution in [3.05, 3.63) is 54.1 Å². The largest absolute Gasteiger partial charge is 0.495 e. The minimum absolute atomic E-state index is 0.0759. The average Bonchev–Trinajstić information content (AvgIpc) is 2.87. The standard InChI is InChI=1S/C26H33N5O4/c1-19-7-3-4-8-20(19)28-24(32)17-22-26(34)27-11-12-31(22)25(33)18-29-13-15-30(16-14-29)21-9-5-6-10-23(21)35-2/h3-10,22H,11-18H2,1-2H3,(H,27,34)(H,28,32). The molecule has 186 valence electrons. The monoisotopic (exact) mass is 479 g/mol. The van der Waals surface area contributed by atoms with E-state index in [1.807, 2.05) is 55.5 Å². The summed E-state index contributed by atoms with van der Waals surface area (Å²) >= 11 is 0. The maximum Gasteiger partial charge on any atom is 0.243 e. The highest BCUT2D eigenvalue weighted by atomic mass is 16.5. The van der Waals surface area contributed by atoms with Crippen LogP contribution in [0, 0.1) is 6.92 Å². The van der Waals surface area contributed by atoms with Crippen LogP contribution in [0.15, 0.2) is 48.5 Å². The molecule has 9 nitrogen and oxygen atoms in total. The summed E-state index contributed by atoms with van der Waals surface area (Å²) in [4.78, 5) is 44.4. The van der Waals surface area contributed by atoms with Gasteiger partial charge in [0.1, 0.15) is 11.8 Å². The number of piperazine rings is 2. The molecule has 2 N–H and O–H groups in total. The number of anilines is 2. The molecular formula is C26H33N5O4. The van der Waals surface area contributed by atoms with E-state index in [1.54, 1.807) is 12.0 Å². The number of rotatable bonds is 7. The van der Waals surface area contributed by atoms with E-state index in [0.29, 0.717) is 18.8 Å². The van der Waals surface area contributed by atoms with Gasteiger partial charge in [-0.05, 0) is 30.7 Å². The maximum atomic E-state index is 13.2. The fourth-order valence-corrected chi connectivity index (χ4v) is 4.63. The zero-order valence-electron chi connectivity index (χ0n) is 20.3. The predicted molar refractivity (Wildman–Crippen MR) is 135 cm³/mol. The van der Waals surface area contributed by atoms with Gasteiger partial charge in [-0.1, -0.05) is 30.3 Å². The number of nitrogens with zero attached hydrogens (tertiary/aromatic N) is 3. The summed E-state index contributed by atoms with van der Waals surface area (Å²) in [5.74, 6) is 0.137. The minimum Gasteiger partial charge on any atom is -0.495 e. The van der Waals surface area contributed by atoms with Crippen LogP contribution in [0.2, 0.25) is 0 Å². The molecule has 3 amide bonds. The van der Waals surface area contributed by atoms with E-state index < -0.39 is 6.04 Å². The summed E-state index contributed by atoms with van der Waals surface area (Å²) in [6, 6.07) is 14.6. The lowest BCUT2D eigenvalue weighted by Crippen LogP contribution is -2.60. The number of amides is 3. The van der Waals surface area contributed by atoms with Gasteiger partial charge in [0.15, 0.2) is 0 Å². The molecule has 2 aliphatic heterocycles. The summed E-state index contributed by atoms with van der Waals surface area (Å²) in [5, 5.41) is 5.66. The van der Waals surface area contributed by atoms with Crippen molar-refractivity contribution in [2.45, 2.75) is 19.4 Å². The van der Waals surface area contributed by atoms with Crippen LogP contribution in [0.4, 0.5) is 11.4 Å². The van der Waals surface area contributed by atoms with Gasteiger partial charge in [-0.15, -0.1) is 0 Å². The maximum absolute atomic E-state index is 13.2. The lowest BCUT2D eigenvalue weighted by atomic mass is 10.1. The number of hydrogen-bond acceptors (Lipinski definition) is 6. The number of ether oxygens (including phenoxy) is 1. The van der Waals surface area contributed by atoms with E-state index in [0.717, 1.165) is 43.2 Å². The molecule has 1 unspecified atom stereocenters. The van der Waals surface area contributed by atoms with Crippen molar-refractivity contribution in [1.29, 1.82) is 0 Å². The van der Waals surface area contributed by atoms with Crippen LogP contribution in [-0.4, -0.2) is 86.5 Å². The van der Waals surface area contributed by atoms with E-state index >= 15 is 0 Å². The number of aryl methyl sites for hydroxylation is 1. The van der Waals surface area contributed by atoms with Gasteiger partial charge in [0.2, 0.25) is 17.7 Å². The Morgan fingerprint density at radius 2 is 1.74 bits per heavy atom. The number of methoxy groups -OCH3 is 1. The van der Waals surface area contributed by atoms with Gasteiger partial charge >= 0.3 is 0 Å². The van der Waals surface area contributed by atoms with E-state index in [4.69, 9.17) is 4.74 Å². The fraction of sp³-hybridized carbons (Fsp3) is 0.423. The van der Waals surface area contributed by atoms with E-state index in [1.165, 1.54) is 0 Å². The van der Waals surface area contributed by atoms with Gasteiger partial charge in [0.05, 0.1) is 25.8 Å². The Hall–Kier alpha value is -3.59. The molecule has 2 fully saturated rings. The highest BCUT2D eigenvalue weighted by Crippen LogP contribution is 2.28. The predicted octanol–water partition coefficient (Wildman–Crippen LogP) is 1.48. The van der Waals surface area contributed by atoms with Crippen LogP contribution in [0.3, 0.4) is 0 Å². The zero-order chi connectivity index (χ0) is 24.8. The highest BCUT2D eigenvalue weighted by Gasteiger charge is 2.35. The van der Waals surface area contributed by atoms with Crippen LogP contribution in [-0.2, 0) is 14.4 Å². The smallest absolute Gasteiger partial charge is 0.243 e. The second-order valence-electron chi connectivity index (χ2n) is 8.90. The molecule has 2 aromatic rings. The SMILES string of the molecule is COc1ccccc1N1CCN(CC(=O)N2CCNC(=O)C2CC(=O)Nc2ccccc2C)CC1. The lowest BCUT2D eigenvalue weighted by molar-refractivity contribution is -0.145. The van der Waals surface area contributed by atoms with Crippen molar-refractivity contribution in [2.75, 3.05) is 63.1 Å². The number of hydrogen-bond donors (Lipinski definition) is 2. The molecule has 1 atom stereocenters. The summed E-state index contributed by atoms with van der Waals surface area (Å²) in [5.41, 5.74) is 2.70. The summed E-state index contributed by atoms with van der Waals surface area (Å²) < 4.78 is 5.48. The highest BCUT2D eigenvalue weighted by molar-refractivity contribution is 5.98. The fourth-order valence-electron chi connectivity index (χ4n) is 4.63. The Labute approximate surface area is 206 Å². The molecular weight excluding hydrogens is 446 g/mol. The Bertz CT molecular complexity index is 1070. The van der Waals surface area contributed by atoms with E-state index in [2.05, 4.69) is 20.4 Å². The van der Waals surface area contributed by atoms with Crippen LogP contribution in [0.5, 0.6) is 5.75 Å². The Morgan fingerprint density at radius 3 is 2.49 bits per heavy atom. The molecule has 0 saturated carbocycles. The summed E-state index contributed by atoms with van der Waals surface area (Å²) in [6.45, 7) is 5.92. The third kappa shape index (κ3) is 5.92. The minimum atomic E-state index is -0.810. The van der Waals surface area contributed by atoms with Gasteiger partial charge in [-0.2, -0.15) is 0 Å². The summed E-state index contributed by atoms with van der Waals surface area (Å²) in [6.07, 6.45) is -0.0759. The van der Waals surface area contributed by atoms with E-state index in [-0.39, 0.29) is 30.7 Å². The first-order valence-electron chi connectivity index (χ1n) is 12.0. The van der Waals surface area contributed by atoms with Crippen molar-refractivity contribution < 1.29 is 19.1 Å². The van der Waals surface area contributed by atoms with Crippen molar-refractivity contribution in [2.24, 2.45) is 0 Å². The third-order valence-electron chi connectivity index (χ3n) is 6.61. The van der Waals surface area contributed by atoms with Crippen molar-refractivity contribution in [3.63, 3.8) is 0 Å². The first-order valence-corrected chi connectivity index (χ1v) is 12.0. The van der Waals surface area contributed by atoms with Gasteiger partial charge in [0, 0.05) is 45.0 Å². The number of benzene rings is 2. The zero-order valence-corrected chi connectivity index (χ0v) is 20.3. The Kier molecular flexibility index (Phi) is 7.87. The summed E-state index contributed by atoms with van der Waals surface area (Å²) in [7, 11) is 1.67. The van der Waals surface area contributed by atoms with E-state index in [9.17, 15) is 14.4 Å². The molecule has 0 spiro atoms. The molecule has 0 aliphatic carbocycles. The Morgan fingerprint density at radius 1 is 1.03 bits per heavy atom. The van der Waals surface area contributed by atoms with Gasteiger partial charge < -0.3 is 25.2 Å². The molecule has 4 rings (SSSR count). The quantitative estimate of drug-likeness (QED) is 0.625. The molecule has 2 aliphatic rings. The molecule has 2 aromatic carbocycles. The normalized spacial score (nSPS) is 18.7. The first kappa shape index (κ1) is 24.5. The van der Waals surface area contributed by atoms with Crippen molar-refractivity contribution in [3.8, 4) is 5.75 Å². The first-order chi connectivity index (χ1) is 17.0. The Balaban J connectivity index is 1.34. The van der Waals surface area contributed by atoms with Crippen LogP contribution < -0.4 is 20.3 Å². The number of para-hydroxylation sites is 3. The van der Waals surface area contributed by atoms with Crippen molar-refractivity contribution in [1.82, 2.24) is 15.1 Å². The van der Waals surface area contributed by atoms with Crippen molar-refractivity contribution >= 4 is 29.1 Å². The topological polar surface area (TPSA) is 94.2 Å². The number of nitrogens with one attached hydrogen (secondary N) is 2. The van der Waals surface area contributed by atoms with Gasteiger partial charge in [-0.25, -0.2) is 0 Å². The van der Waals surface area contributed by atoms with Gasteiger partial charge in [-0.3, -0.25) is 19.3 Å². The molecule has 9 heteroatoms. The average molecular weight is 480 g/mol.